The summed E-state index contributed by atoms with van der Waals surface area (Å²) in [4.78, 5) is 2.65. The number of ether oxygens (including phenoxy) is 1. The Kier molecular flexibility index (Phi) is 4.32. The quantitative estimate of drug-likeness (QED) is 0.717. The van der Waals surface area contributed by atoms with Crippen LogP contribution in [0.3, 0.4) is 0 Å². The topological polar surface area (TPSA) is 12.5 Å². The molecule has 0 aromatic heterocycles. The van der Waals surface area contributed by atoms with E-state index >= 15 is 0 Å². The van der Waals surface area contributed by atoms with Crippen molar-refractivity contribution in [1.82, 2.24) is 4.90 Å². The standard InChI is InChI=1S/C15H26BrNO/c16-10-11-17(13-4-5-13)12-14-6-9-15(18-14)7-2-1-3-8-15/h13-14H,1-12H2. The molecule has 1 atom stereocenters. The molecule has 3 rings (SSSR count). The van der Waals surface area contributed by atoms with E-state index in [0.717, 1.165) is 11.4 Å². The first kappa shape index (κ1) is 13.4. The number of alkyl halides is 1. The summed E-state index contributed by atoms with van der Waals surface area (Å²) < 4.78 is 6.49. The van der Waals surface area contributed by atoms with E-state index in [9.17, 15) is 0 Å². The number of hydrogen-bond acceptors (Lipinski definition) is 2. The molecule has 0 aromatic rings. The number of halogens is 1. The van der Waals surface area contributed by atoms with Crippen LogP contribution in [0.25, 0.3) is 0 Å². The molecule has 1 saturated heterocycles. The third-order valence-electron chi connectivity index (χ3n) is 4.98. The molecule has 3 heteroatoms. The number of nitrogens with zero attached hydrogens (tertiary/aromatic N) is 1. The molecule has 0 bridgehead atoms. The number of hydrogen-bond donors (Lipinski definition) is 0. The van der Waals surface area contributed by atoms with Crippen molar-refractivity contribution in [1.29, 1.82) is 0 Å². The smallest absolute Gasteiger partial charge is 0.0710 e. The Balaban J connectivity index is 1.51. The summed E-state index contributed by atoms with van der Waals surface area (Å²) in [7, 11) is 0. The van der Waals surface area contributed by atoms with Gasteiger partial charge in [0.1, 0.15) is 0 Å². The van der Waals surface area contributed by atoms with Gasteiger partial charge in [0.05, 0.1) is 11.7 Å². The van der Waals surface area contributed by atoms with Gasteiger partial charge in [-0.3, -0.25) is 4.90 Å². The second-order valence-corrected chi connectivity index (χ2v) is 7.23. The van der Waals surface area contributed by atoms with Crippen molar-refractivity contribution in [2.45, 2.75) is 75.5 Å². The number of rotatable bonds is 5. The molecule has 1 aliphatic heterocycles. The maximum Gasteiger partial charge on any atom is 0.0710 e. The monoisotopic (exact) mass is 315 g/mol. The molecule has 3 fully saturated rings. The van der Waals surface area contributed by atoms with E-state index in [2.05, 4.69) is 20.8 Å². The molecular formula is C15H26BrNO. The van der Waals surface area contributed by atoms with Gasteiger partial charge in [-0.2, -0.15) is 0 Å². The maximum absolute atomic E-state index is 6.49. The maximum atomic E-state index is 6.49. The van der Waals surface area contributed by atoms with Crippen LogP contribution in [-0.2, 0) is 4.74 Å². The predicted molar refractivity (Wildman–Crippen MR) is 78.3 cm³/mol. The van der Waals surface area contributed by atoms with Gasteiger partial charge in [0.25, 0.3) is 0 Å². The summed E-state index contributed by atoms with van der Waals surface area (Å²) in [6, 6.07) is 0.869. The van der Waals surface area contributed by atoms with Gasteiger partial charge in [-0.15, -0.1) is 0 Å². The molecule has 0 aromatic carbocycles. The molecule has 0 radical (unpaired) electrons. The molecule has 1 heterocycles. The van der Waals surface area contributed by atoms with Gasteiger partial charge >= 0.3 is 0 Å². The molecule has 2 saturated carbocycles. The Bertz CT molecular complexity index is 274. The van der Waals surface area contributed by atoms with Crippen molar-refractivity contribution in [2.75, 3.05) is 18.4 Å². The van der Waals surface area contributed by atoms with Crippen LogP contribution in [0, 0.1) is 0 Å². The van der Waals surface area contributed by atoms with Crippen LogP contribution >= 0.6 is 15.9 Å². The van der Waals surface area contributed by atoms with E-state index in [1.807, 2.05) is 0 Å². The summed E-state index contributed by atoms with van der Waals surface area (Å²) in [5, 5.41) is 1.10. The lowest BCUT2D eigenvalue weighted by molar-refractivity contribution is -0.0720. The molecule has 2 aliphatic carbocycles. The van der Waals surface area contributed by atoms with E-state index in [-0.39, 0.29) is 0 Å². The van der Waals surface area contributed by atoms with Gasteiger partial charge < -0.3 is 4.74 Å². The van der Waals surface area contributed by atoms with Crippen LogP contribution in [0.5, 0.6) is 0 Å². The van der Waals surface area contributed by atoms with E-state index in [1.165, 1.54) is 70.9 Å². The normalized spacial score (nSPS) is 31.3. The second-order valence-electron chi connectivity index (χ2n) is 6.44. The van der Waals surface area contributed by atoms with Gasteiger partial charge in [0, 0.05) is 24.5 Å². The predicted octanol–water partition coefficient (Wildman–Crippen LogP) is 3.73. The highest BCUT2D eigenvalue weighted by Crippen LogP contribution is 2.42. The Morgan fingerprint density at radius 1 is 1.06 bits per heavy atom. The summed E-state index contributed by atoms with van der Waals surface area (Å²) >= 11 is 3.58. The van der Waals surface area contributed by atoms with Crippen LogP contribution < -0.4 is 0 Å². The van der Waals surface area contributed by atoms with Crippen molar-refractivity contribution in [3.63, 3.8) is 0 Å². The molecule has 1 unspecified atom stereocenters. The van der Waals surface area contributed by atoms with Gasteiger partial charge in [0.15, 0.2) is 0 Å². The van der Waals surface area contributed by atoms with Crippen molar-refractivity contribution >= 4 is 15.9 Å². The first-order chi connectivity index (χ1) is 8.81. The average molecular weight is 316 g/mol. The summed E-state index contributed by atoms with van der Waals surface area (Å²) in [6.07, 6.45) is 12.8. The minimum absolute atomic E-state index is 0.298. The highest BCUT2D eigenvalue weighted by molar-refractivity contribution is 9.09. The molecule has 3 aliphatic rings. The lowest BCUT2D eigenvalue weighted by Gasteiger charge is -2.34. The fraction of sp³-hybridized carbons (Fsp3) is 1.00. The molecule has 0 N–H and O–H groups in total. The fourth-order valence-corrected chi connectivity index (χ4v) is 4.28. The lowest BCUT2D eigenvalue weighted by Crippen LogP contribution is -2.38. The van der Waals surface area contributed by atoms with Gasteiger partial charge in [-0.25, -0.2) is 0 Å². The molecule has 1 spiro atoms. The summed E-state index contributed by atoms with van der Waals surface area (Å²) in [5.74, 6) is 0. The second kappa shape index (κ2) is 5.80. The Morgan fingerprint density at radius 2 is 1.83 bits per heavy atom. The molecular weight excluding hydrogens is 290 g/mol. The van der Waals surface area contributed by atoms with E-state index in [4.69, 9.17) is 4.74 Å². The third kappa shape index (κ3) is 3.10. The minimum Gasteiger partial charge on any atom is -0.370 e. The van der Waals surface area contributed by atoms with Crippen molar-refractivity contribution < 1.29 is 4.74 Å². The van der Waals surface area contributed by atoms with Gasteiger partial charge in [0.2, 0.25) is 0 Å². The van der Waals surface area contributed by atoms with Gasteiger partial charge in [-0.1, -0.05) is 35.2 Å². The van der Waals surface area contributed by atoms with E-state index in [1.54, 1.807) is 0 Å². The largest absolute Gasteiger partial charge is 0.370 e. The third-order valence-corrected chi connectivity index (χ3v) is 5.33. The van der Waals surface area contributed by atoms with E-state index < -0.39 is 0 Å². The zero-order chi connectivity index (χ0) is 12.4. The minimum atomic E-state index is 0.298. The van der Waals surface area contributed by atoms with Crippen molar-refractivity contribution in [3.8, 4) is 0 Å². The van der Waals surface area contributed by atoms with Crippen LogP contribution in [-0.4, -0.2) is 41.1 Å². The average Bonchev–Trinajstić information content (AvgIpc) is 3.16. The van der Waals surface area contributed by atoms with Crippen LogP contribution in [0.2, 0.25) is 0 Å². The zero-order valence-electron chi connectivity index (χ0n) is 11.4. The molecule has 2 nitrogen and oxygen atoms in total. The Labute approximate surface area is 120 Å². The first-order valence-electron chi connectivity index (χ1n) is 7.79. The summed E-state index contributed by atoms with van der Waals surface area (Å²) in [5.41, 5.74) is 0.298. The molecule has 18 heavy (non-hydrogen) atoms. The van der Waals surface area contributed by atoms with Crippen molar-refractivity contribution in [2.24, 2.45) is 0 Å². The van der Waals surface area contributed by atoms with Gasteiger partial charge in [-0.05, 0) is 38.5 Å². The van der Waals surface area contributed by atoms with E-state index in [0.29, 0.717) is 11.7 Å². The SMILES string of the molecule is BrCCN(CC1CCC2(CCCCC2)O1)C1CC1. The highest BCUT2D eigenvalue weighted by Gasteiger charge is 2.42. The lowest BCUT2D eigenvalue weighted by atomic mass is 9.83. The van der Waals surface area contributed by atoms with Crippen LogP contribution in [0.4, 0.5) is 0 Å². The molecule has 0 amide bonds. The fourth-order valence-electron chi connectivity index (χ4n) is 3.82. The Morgan fingerprint density at radius 3 is 2.50 bits per heavy atom. The van der Waals surface area contributed by atoms with Crippen LogP contribution in [0.15, 0.2) is 0 Å². The highest BCUT2D eigenvalue weighted by atomic mass is 79.9. The summed E-state index contributed by atoms with van der Waals surface area (Å²) in [6.45, 7) is 2.37. The van der Waals surface area contributed by atoms with Crippen molar-refractivity contribution in [3.05, 3.63) is 0 Å². The Hall–Kier alpha value is 0.400. The molecule has 104 valence electrons. The van der Waals surface area contributed by atoms with Crippen LogP contribution in [0.1, 0.15) is 57.8 Å². The zero-order valence-corrected chi connectivity index (χ0v) is 13.0. The first-order valence-corrected chi connectivity index (χ1v) is 8.91.